The molecule has 0 aliphatic carbocycles. The van der Waals surface area contributed by atoms with E-state index in [1.165, 1.54) is 5.56 Å². The lowest BCUT2D eigenvalue weighted by molar-refractivity contribution is -0.125. The highest BCUT2D eigenvalue weighted by Gasteiger charge is 2.20. The number of aryl methyl sites for hydroxylation is 1. The highest BCUT2D eigenvalue weighted by Crippen LogP contribution is 2.16. The molecule has 1 aromatic carbocycles. The third kappa shape index (κ3) is 5.03. The Kier molecular flexibility index (Phi) is 6.03. The summed E-state index contributed by atoms with van der Waals surface area (Å²) in [5.74, 6) is 0.450. The minimum atomic E-state index is -0.0899. The number of amides is 1. The molecule has 0 saturated carbocycles. The van der Waals surface area contributed by atoms with Gasteiger partial charge in [-0.25, -0.2) is 0 Å². The molecule has 0 aromatic heterocycles. The summed E-state index contributed by atoms with van der Waals surface area (Å²) in [6.07, 6.45) is 0.836. The highest BCUT2D eigenvalue weighted by molar-refractivity contribution is 5.79. The number of carbonyl (C=O) groups excluding carboxylic acids is 1. The van der Waals surface area contributed by atoms with Gasteiger partial charge < -0.3 is 11.1 Å². The molecule has 0 aliphatic heterocycles. The number of rotatable bonds is 6. The van der Waals surface area contributed by atoms with Gasteiger partial charge >= 0.3 is 0 Å². The van der Waals surface area contributed by atoms with E-state index >= 15 is 0 Å². The van der Waals surface area contributed by atoms with Gasteiger partial charge in [0.05, 0.1) is 12.0 Å². The standard InChI is InChI=1S/C16H26N2O/c1-11(2)9-15(10-17)16(19)18-13(4)14-7-5-12(3)6-8-14/h5-8,11,13,15H,9-10,17H2,1-4H3,(H,18,19). The second-order valence-electron chi connectivity index (χ2n) is 5.70. The Balaban J connectivity index is 2.62. The van der Waals surface area contributed by atoms with E-state index < -0.39 is 0 Å². The van der Waals surface area contributed by atoms with E-state index in [4.69, 9.17) is 5.73 Å². The molecule has 1 amide bonds. The van der Waals surface area contributed by atoms with Crippen LogP contribution in [0.1, 0.15) is 44.4 Å². The number of nitrogens with one attached hydrogen (secondary N) is 1. The Labute approximate surface area is 116 Å². The topological polar surface area (TPSA) is 55.1 Å². The van der Waals surface area contributed by atoms with E-state index in [9.17, 15) is 4.79 Å². The van der Waals surface area contributed by atoms with Crippen LogP contribution in [-0.2, 0) is 4.79 Å². The van der Waals surface area contributed by atoms with Gasteiger partial charge in [0.25, 0.3) is 0 Å². The molecule has 0 heterocycles. The molecule has 3 N–H and O–H groups in total. The van der Waals surface area contributed by atoms with Crippen molar-refractivity contribution in [1.29, 1.82) is 0 Å². The van der Waals surface area contributed by atoms with Gasteiger partial charge in [0.1, 0.15) is 0 Å². The molecule has 0 spiro atoms. The molecule has 0 fully saturated rings. The second-order valence-corrected chi connectivity index (χ2v) is 5.70. The summed E-state index contributed by atoms with van der Waals surface area (Å²) in [6, 6.07) is 8.26. The third-order valence-electron chi connectivity index (χ3n) is 3.35. The number of nitrogens with two attached hydrogens (primary N) is 1. The molecule has 2 unspecified atom stereocenters. The minimum absolute atomic E-state index is 0.0225. The van der Waals surface area contributed by atoms with Crippen molar-refractivity contribution in [1.82, 2.24) is 5.32 Å². The van der Waals surface area contributed by atoms with Gasteiger partial charge in [-0.2, -0.15) is 0 Å². The van der Waals surface area contributed by atoms with E-state index in [1.54, 1.807) is 0 Å². The number of hydrogen-bond acceptors (Lipinski definition) is 2. The predicted molar refractivity (Wildman–Crippen MR) is 79.7 cm³/mol. The first-order valence-electron chi connectivity index (χ1n) is 7.01. The average Bonchev–Trinajstić information content (AvgIpc) is 2.36. The lowest BCUT2D eigenvalue weighted by atomic mass is 9.95. The van der Waals surface area contributed by atoms with Crippen LogP contribution in [-0.4, -0.2) is 12.5 Å². The van der Waals surface area contributed by atoms with Gasteiger partial charge in [-0.15, -0.1) is 0 Å². The van der Waals surface area contributed by atoms with E-state index in [-0.39, 0.29) is 17.9 Å². The van der Waals surface area contributed by atoms with Crippen LogP contribution in [0.15, 0.2) is 24.3 Å². The molecular weight excluding hydrogens is 236 g/mol. The fourth-order valence-electron chi connectivity index (χ4n) is 2.15. The van der Waals surface area contributed by atoms with Crippen LogP contribution in [0.25, 0.3) is 0 Å². The largest absolute Gasteiger partial charge is 0.349 e. The van der Waals surface area contributed by atoms with E-state index in [0.717, 1.165) is 12.0 Å². The van der Waals surface area contributed by atoms with Crippen molar-refractivity contribution in [2.24, 2.45) is 17.6 Å². The first-order valence-corrected chi connectivity index (χ1v) is 7.01. The van der Waals surface area contributed by atoms with Crippen molar-refractivity contribution in [3.63, 3.8) is 0 Å². The first kappa shape index (κ1) is 15.7. The molecule has 3 nitrogen and oxygen atoms in total. The minimum Gasteiger partial charge on any atom is -0.349 e. The van der Waals surface area contributed by atoms with Crippen molar-refractivity contribution in [2.75, 3.05) is 6.54 Å². The SMILES string of the molecule is Cc1ccc(C(C)NC(=O)C(CN)CC(C)C)cc1. The van der Waals surface area contributed by atoms with E-state index in [2.05, 4.69) is 50.4 Å². The van der Waals surface area contributed by atoms with Gasteiger partial charge in [0.2, 0.25) is 5.91 Å². The van der Waals surface area contributed by atoms with Gasteiger partial charge in [-0.1, -0.05) is 43.7 Å². The van der Waals surface area contributed by atoms with Gasteiger partial charge in [-0.05, 0) is 31.7 Å². The van der Waals surface area contributed by atoms with Crippen molar-refractivity contribution in [2.45, 2.75) is 40.2 Å². The smallest absolute Gasteiger partial charge is 0.224 e. The number of benzene rings is 1. The predicted octanol–water partition coefficient (Wildman–Crippen LogP) is 2.79. The third-order valence-corrected chi connectivity index (χ3v) is 3.35. The number of carbonyl (C=O) groups is 1. The zero-order chi connectivity index (χ0) is 14.4. The molecule has 19 heavy (non-hydrogen) atoms. The Morgan fingerprint density at radius 2 is 1.79 bits per heavy atom. The summed E-state index contributed by atoms with van der Waals surface area (Å²) in [6.45, 7) is 8.69. The maximum absolute atomic E-state index is 12.2. The van der Waals surface area contributed by atoms with Gasteiger partial charge in [0.15, 0.2) is 0 Å². The fourth-order valence-corrected chi connectivity index (χ4v) is 2.15. The lowest BCUT2D eigenvalue weighted by Crippen LogP contribution is -2.37. The average molecular weight is 262 g/mol. The zero-order valence-electron chi connectivity index (χ0n) is 12.4. The van der Waals surface area contributed by atoms with E-state index in [0.29, 0.717) is 12.5 Å². The molecule has 106 valence electrons. The van der Waals surface area contributed by atoms with Crippen LogP contribution in [0, 0.1) is 18.8 Å². The molecule has 1 rings (SSSR count). The summed E-state index contributed by atoms with van der Waals surface area (Å²) in [7, 11) is 0. The Morgan fingerprint density at radius 1 is 1.21 bits per heavy atom. The van der Waals surface area contributed by atoms with Crippen LogP contribution >= 0.6 is 0 Å². The van der Waals surface area contributed by atoms with Crippen molar-refractivity contribution in [3.8, 4) is 0 Å². The summed E-state index contributed by atoms with van der Waals surface area (Å²) in [5, 5.41) is 3.05. The molecule has 0 radical (unpaired) electrons. The molecule has 2 atom stereocenters. The lowest BCUT2D eigenvalue weighted by Gasteiger charge is -2.20. The van der Waals surface area contributed by atoms with Crippen LogP contribution in [0.3, 0.4) is 0 Å². The molecule has 1 aromatic rings. The van der Waals surface area contributed by atoms with Crippen LogP contribution in [0.4, 0.5) is 0 Å². The van der Waals surface area contributed by atoms with Crippen LogP contribution < -0.4 is 11.1 Å². The first-order chi connectivity index (χ1) is 8.93. The van der Waals surface area contributed by atoms with Crippen molar-refractivity contribution >= 4 is 5.91 Å². The monoisotopic (exact) mass is 262 g/mol. The van der Waals surface area contributed by atoms with Crippen LogP contribution in [0.5, 0.6) is 0 Å². The highest BCUT2D eigenvalue weighted by atomic mass is 16.1. The molecule has 0 aliphatic rings. The fraction of sp³-hybridized carbons (Fsp3) is 0.562. The van der Waals surface area contributed by atoms with Crippen LogP contribution in [0.2, 0.25) is 0 Å². The molecule has 0 saturated heterocycles. The Hall–Kier alpha value is -1.35. The van der Waals surface area contributed by atoms with Gasteiger partial charge in [0, 0.05) is 6.54 Å². The molecular formula is C16H26N2O. The zero-order valence-corrected chi connectivity index (χ0v) is 12.4. The molecule has 0 bridgehead atoms. The summed E-state index contributed by atoms with van der Waals surface area (Å²) in [4.78, 5) is 12.2. The maximum atomic E-state index is 12.2. The summed E-state index contributed by atoms with van der Waals surface area (Å²) < 4.78 is 0. The molecule has 3 heteroatoms. The quantitative estimate of drug-likeness (QED) is 0.828. The normalized spacial score (nSPS) is 14.2. The second kappa shape index (κ2) is 7.29. The van der Waals surface area contributed by atoms with Gasteiger partial charge in [-0.3, -0.25) is 4.79 Å². The van der Waals surface area contributed by atoms with E-state index in [1.807, 2.05) is 6.92 Å². The maximum Gasteiger partial charge on any atom is 0.224 e. The van der Waals surface area contributed by atoms with Crippen molar-refractivity contribution < 1.29 is 4.79 Å². The Morgan fingerprint density at radius 3 is 2.26 bits per heavy atom. The summed E-state index contributed by atoms with van der Waals surface area (Å²) in [5.41, 5.74) is 8.04. The Bertz CT molecular complexity index is 398. The van der Waals surface area contributed by atoms with Crippen molar-refractivity contribution in [3.05, 3.63) is 35.4 Å². The number of hydrogen-bond donors (Lipinski definition) is 2. The summed E-state index contributed by atoms with van der Waals surface area (Å²) >= 11 is 0.